The van der Waals surface area contributed by atoms with E-state index in [1.54, 1.807) is 34.5 Å². The van der Waals surface area contributed by atoms with Gasteiger partial charge in [0.25, 0.3) is 5.91 Å². The van der Waals surface area contributed by atoms with Crippen molar-refractivity contribution >= 4 is 15.9 Å². The van der Waals surface area contributed by atoms with Gasteiger partial charge in [0.2, 0.25) is 10.0 Å². The molecule has 132 valence electrons. The molecule has 1 aromatic carbocycles. The molecule has 0 radical (unpaired) electrons. The predicted molar refractivity (Wildman–Crippen MR) is 93.3 cm³/mol. The van der Waals surface area contributed by atoms with Gasteiger partial charge >= 0.3 is 0 Å². The summed E-state index contributed by atoms with van der Waals surface area (Å²) < 4.78 is 27.5. The quantitative estimate of drug-likeness (QED) is 0.839. The molecule has 0 aromatic heterocycles. The Morgan fingerprint density at radius 1 is 1.17 bits per heavy atom. The van der Waals surface area contributed by atoms with Gasteiger partial charge < -0.3 is 4.90 Å². The van der Waals surface area contributed by atoms with Crippen molar-refractivity contribution in [3.05, 3.63) is 29.8 Å². The van der Waals surface area contributed by atoms with E-state index in [9.17, 15) is 13.2 Å². The molecule has 1 saturated carbocycles. The molecule has 1 aromatic rings. The van der Waals surface area contributed by atoms with Gasteiger partial charge in [-0.25, -0.2) is 8.42 Å². The average molecular weight is 350 g/mol. The lowest BCUT2D eigenvalue weighted by Crippen LogP contribution is -2.42. The topological polar surface area (TPSA) is 57.7 Å². The molecule has 0 unspecified atom stereocenters. The van der Waals surface area contributed by atoms with Gasteiger partial charge in [-0.15, -0.1) is 0 Å². The second-order valence-electron chi connectivity index (χ2n) is 7.44. The summed E-state index contributed by atoms with van der Waals surface area (Å²) >= 11 is 0. The Hall–Kier alpha value is -1.40. The van der Waals surface area contributed by atoms with Gasteiger partial charge in [-0.3, -0.25) is 4.79 Å². The fourth-order valence-corrected chi connectivity index (χ4v) is 5.30. The normalized spacial score (nSPS) is 25.5. The monoisotopic (exact) mass is 350 g/mol. The van der Waals surface area contributed by atoms with Crippen molar-refractivity contribution in [2.24, 2.45) is 11.8 Å². The minimum atomic E-state index is -3.55. The summed E-state index contributed by atoms with van der Waals surface area (Å²) in [6, 6.07) is 6.79. The molecule has 2 aliphatic rings. The second kappa shape index (κ2) is 6.48. The highest BCUT2D eigenvalue weighted by Crippen LogP contribution is 2.29. The number of piperidine rings is 1. The molecule has 1 heterocycles. The number of hydrogen-bond acceptors (Lipinski definition) is 3. The van der Waals surface area contributed by atoms with Gasteiger partial charge in [0.15, 0.2) is 0 Å². The predicted octanol–water partition coefficient (Wildman–Crippen LogP) is 2.59. The average Bonchev–Trinajstić information content (AvgIpc) is 3.37. The van der Waals surface area contributed by atoms with E-state index in [2.05, 4.69) is 13.8 Å². The zero-order valence-electron chi connectivity index (χ0n) is 14.6. The Kier molecular flexibility index (Phi) is 4.71. The molecule has 0 bridgehead atoms. The van der Waals surface area contributed by atoms with Gasteiger partial charge in [0.05, 0.1) is 4.90 Å². The third kappa shape index (κ3) is 3.49. The third-order valence-corrected chi connectivity index (χ3v) is 6.80. The number of amides is 1. The lowest BCUT2D eigenvalue weighted by molar-refractivity contribution is 0.0785. The zero-order valence-corrected chi connectivity index (χ0v) is 15.4. The van der Waals surface area contributed by atoms with Crippen LogP contribution in [0.3, 0.4) is 0 Å². The van der Waals surface area contributed by atoms with Crippen LogP contribution in [-0.2, 0) is 10.0 Å². The van der Waals surface area contributed by atoms with E-state index >= 15 is 0 Å². The molecule has 1 aliphatic heterocycles. The van der Waals surface area contributed by atoms with E-state index in [0.29, 0.717) is 36.5 Å². The molecule has 1 amide bonds. The molecular formula is C18H26N2O3S. The standard InChI is InChI=1S/C18H26N2O3S/c1-13-9-14(2)12-20(11-13)24(22,23)17-6-4-5-15(10-17)18(21)19(3)16-7-8-16/h4-6,10,13-14,16H,7-9,11-12H2,1-3H3/t13-,14-/m0/s1. The Balaban J connectivity index is 1.85. The van der Waals surface area contributed by atoms with Crippen molar-refractivity contribution in [1.29, 1.82) is 0 Å². The van der Waals surface area contributed by atoms with Gasteiger partial charge in [-0.2, -0.15) is 4.31 Å². The van der Waals surface area contributed by atoms with Crippen LogP contribution in [0.5, 0.6) is 0 Å². The largest absolute Gasteiger partial charge is 0.339 e. The number of nitrogens with zero attached hydrogens (tertiary/aromatic N) is 2. The van der Waals surface area contributed by atoms with Crippen LogP contribution < -0.4 is 0 Å². The number of sulfonamides is 1. The summed E-state index contributed by atoms with van der Waals surface area (Å²) in [5, 5.41) is 0. The van der Waals surface area contributed by atoms with Crippen LogP contribution in [-0.4, -0.2) is 49.7 Å². The summed E-state index contributed by atoms with van der Waals surface area (Å²) in [7, 11) is -1.76. The van der Waals surface area contributed by atoms with Gasteiger partial charge in [0.1, 0.15) is 0 Å². The third-order valence-electron chi connectivity index (χ3n) is 4.97. The maximum Gasteiger partial charge on any atom is 0.253 e. The molecule has 0 N–H and O–H groups in total. The molecule has 6 heteroatoms. The summed E-state index contributed by atoms with van der Waals surface area (Å²) in [4.78, 5) is 14.4. The van der Waals surface area contributed by atoms with Crippen molar-refractivity contribution in [2.45, 2.75) is 44.0 Å². The summed E-state index contributed by atoms with van der Waals surface area (Å²) in [6.07, 6.45) is 3.12. The van der Waals surface area contributed by atoms with Crippen molar-refractivity contribution in [1.82, 2.24) is 9.21 Å². The van der Waals surface area contributed by atoms with Crippen molar-refractivity contribution < 1.29 is 13.2 Å². The van der Waals surface area contributed by atoms with Crippen molar-refractivity contribution in [3.63, 3.8) is 0 Å². The summed E-state index contributed by atoms with van der Waals surface area (Å²) in [6.45, 7) is 5.27. The zero-order chi connectivity index (χ0) is 17.5. The van der Waals surface area contributed by atoms with E-state index < -0.39 is 10.0 Å². The smallest absolute Gasteiger partial charge is 0.253 e. The Labute approximate surface area is 144 Å². The highest BCUT2D eigenvalue weighted by Gasteiger charge is 2.33. The minimum Gasteiger partial charge on any atom is -0.339 e. The highest BCUT2D eigenvalue weighted by atomic mass is 32.2. The molecule has 3 rings (SSSR count). The molecule has 24 heavy (non-hydrogen) atoms. The Morgan fingerprint density at radius 3 is 2.38 bits per heavy atom. The fraction of sp³-hybridized carbons (Fsp3) is 0.611. The van der Waals surface area contributed by atoms with Crippen LogP contribution in [0, 0.1) is 11.8 Å². The van der Waals surface area contributed by atoms with Crippen LogP contribution in [0.15, 0.2) is 29.2 Å². The van der Waals surface area contributed by atoms with Gasteiger partial charge in [0, 0.05) is 31.7 Å². The van der Waals surface area contributed by atoms with Crippen LogP contribution in [0.25, 0.3) is 0 Å². The minimum absolute atomic E-state index is 0.102. The number of carbonyl (C=O) groups is 1. The maximum absolute atomic E-state index is 13.0. The molecule has 1 saturated heterocycles. The van der Waals surface area contributed by atoms with Crippen LogP contribution in [0.4, 0.5) is 0 Å². The van der Waals surface area contributed by atoms with Crippen LogP contribution in [0.2, 0.25) is 0 Å². The molecular weight excluding hydrogens is 324 g/mol. The molecule has 2 atom stereocenters. The Bertz CT molecular complexity index is 718. The molecule has 2 fully saturated rings. The summed E-state index contributed by atoms with van der Waals surface area (Å²) in [5.41, 5.74) is 0.448. The van der Waals surface area contributed by atoms with Crippen LogP contribution >= 0.6 is 0 Å². The first kappa shape index (κ1) is 17.4. The van der Waals surface area contributed by atoms with E-state index in [-0.39, 0.29) is 10.8 Å². The van der Waals surface area contributed by atoms with Crippen molar-refractivity contribution in [3.8, 4) is 0 Å². The Morgan fingerprint density at radius 2 is 1.79 bits per heavy atom. The first-order valence-corrected chi connectivity index (χ1v) is 10.1. The van der Waals surface area contributed by atoms with Crippen LogP contribution in [0.1, 0.15) is 43.5 Å². The first-order chi connectivity index (χ1) is 11.3. The van der Waals surface area contributed by atoms with Crippen molar-refractivity contribution in [2.75, 3.05) is 20.1 Å². The summed E-state index contributed by atoms with van der Waals surface area (Å²) in [5.74, 6) is 0.610. The number of rotatable bonds is 4. The van der Waals surface area contributed by atoms with E-state index in [4.69, 9.17) is 0 Å². The van der Waals surface area contributed by atoms with E-state index in [1.165, 1.54) is 6.07 Å². The second-order valence-corrected chi connectivity index (χ2v) is 9.38. The first-order valence-electron chi connectivity index (χ1n) is 8.66. The number of hydrogen-bond donors (Lipinski definition) is 0. The van der Waals surface area contributed by atoms with E-state index in [1.807, 2.05) is 0 Å². The molecule has 1 aliphatic carbocycles. The number of benzene rings is 1. The molecule has 0 spiro atoms. The number of carbonyl (C=O) groups excluding carboxylic acids is 1. The lowest BCUT2D eigenvalue weighted by Gasteiger charge is -2.34. The van der Waals surface area contributed by atoms with E-state index in [0.717, 1.165) is 19.3 Å². The maximum atomic E-state index is 13.0. The highest BCUT2D eigenvalue weighted by molar-refractivity contribution is 7.89. The fourth-order valence-electron chi connectivity index (χ4n) is 3.57. The molecule has 5 nitrogen and oxygen atoms in total. The van der Waals surface area contributed by atoms with Gasteiger partial charge in [-0.05, 0) is 49.3 Å². The van der Waals surface area contributed by atoms with Gasteiger partial charge in [-0.1, -0.05) is 19.9 Å². The SMILES string of the molecule is C[C@H]1C[C@H](C)CN(S(=O)(=O)c2cccc(C(=O)N(C)C3CC3)c2)C1. The lowest BCUT2D eigenvalue weighted by atomic mass is 9.94.